The van der Waals surface area contributed by atoms with Crippen molar-refractivity contribution in [2.24, 2.45) is 11.0 Å². The Morgan fingerprint density at radius 1 is 1.29 bits per heavy atom. The van der Waals surface area contributed by atoms with Gasteiger partial charge in [0.25, 0.3) is 0 Å². The monoisotopic (exact) mass is 419 g/mol. The van der Waals surface area contributed by atoms with E-state index in [1.807, 2.05) is 0 Å². The highest BCUT2D eigenvalue weighted by molar-refractivity contribution is 6.35. The van der Waals surface area contributed by atoms with Crippen LogP contribution in [0.3, 0.4) is 0 Å². The van der Waals surface area contributed by atoms with Gasteiger partial charge in [0.05, 0.1) is 30.9 Å². The minimum atomic E-state index is -4.66. The number of morpholine rings is 1. The molecule has 1 fully saturated rings. The van der Waals surface area contributed by atoms with Crippen LogP contribution in [-0.4, -0.2) is 72.3 Å². The molecular weight excluding hydrogens is 399 g/mol. The summed E-state index contributed by atoms with van der Waals surface area (Å²) in [4.78, 5) is 14.1. The lowest BCUT2D eigenvalue weighted by Gasteiger charge is -2.46. The van der Waals surface area contributed by atoms with Crippen LogP contribution in [0.1, 0.15) is 12.5 Å². The molecule has 28 heavy (non-hydrogen) atoms. The maximum absolute atomic E-state index is 14.1. The molecular formula is C18H21ClF3N3O3. The first-order chi connectivity index (χ1) is 13.3. The van der Waals surface area contributed by atoms with E-state index in [0.29, 0.717) is 5.56 Å². The average molecular weight is 420 g/mol. The number of ether oxygens (including phenoxy) is 2. The van der Waals surface area contributed by atoms with Gasteiger partial charge in [0.15, 0.2) is 0 Å². The number of hydrogen-bond donors (Lipinski definition) is 0. The molecule has 0 spiro atoms. The summed E-state index contributed by atoms with van der Waals surface area (Å²) in [5.74, 6) is -2.04. The molecule has 0 bridgehead atoms. The first-order valence-corrected chi connectivity index (χ1v) is 9.40. The Kier molecular flexibility index (Phi) is 6.47. The normalized spacial score (nSPS) is 26.7. The van der Waals surface area contributed by atoms with Crippen LogP contribution in [0.5, 0.6) is 0 Å². The van der Waals surface area contributed by atoms with Gasteiger partial charge in [0, 0.05) is 13.1 Å². The van der Waals surface area contributed by atoms with Crippen LogP contribution in [0.25, 0.3) is 0 Å². The van der Waals surface area contributed by atoms with E-state index in [1.165, 1.54) is 4.90 Å². The van der Waals surface area contributed by atoms with Crippen molar-refractivity contribution in [1.29, 1.82) is 0 Å². The predicted molar refractivity (Wildman–Crippen MR) is 97.2 cm³/mol. The van der Waals surface area contributed by atoms with Crippen molar-refractivity contribution >= 4 is 23.4 Å². The summed E-state index contributed by atoms with van der Waals surface area (Å²) < 4.78 is 52.6. The number of carbonyl (C=O) groups excluding carboxylic acids is 1. The van der Waals surface area contributed by atoms with Crippen LogP contribution in [-0.2, 0) is 9.47 Å². The fraction of sp³-hybridized carbons (Fsp3) is 0.556. The third kappa shape index (κ3) is 4.26. The highest BCUT2D eigenvalue weighted by Crippen LogP contribution is 2.42. The number of nitrogens with zero attached hydrogens (tertiary/aromatic N) is 3. The van der Waals surface area contributed by atoms with Gasteiger partial charge in [-0.15, -0.1) is 11.6 Å². The van der Waals surface area contributed by atoms with E-state index in [1.54, 1.807) is 37.3 Å². The lowest BCUT2D eigenvalue weighted by molar-refractivity contribution is -0.211. The van der Waals surface area contributed by atoms with Crippen LogP contribution in [0, 0.1) is 5.92 Å². The molecule has 1 aromatic carbocycles. The molecule has 3 atom stereocenters. The van der Waals surface area contributed by atoms with Crippen LogP contribution in [0.2, 0.25) is 0 Å². The molecule has 0 aromatic heterocycles. The molecule has 6 nitrogen and oxygen atoms in total. The van der Waals surface area contributed by atoms with Gasteiger partial charge >= 0.3 is 12.3 Å². The molecule has 1 saturated heterocycles. The molecule has 10 heteroatoms. The highest BCUT2D eigenvalue weighted by Gasteiger charge is 2.57. The zero-order valence-corrected chi connectivity index (χ0v) is 16.0. The number of rotatable bonds is 3. The van der Waals surface area contributed by atoms with E-state index >= 15 is 0 Å². The Balaban J connectivity index is 2.10. The molecule has 0 unspecified atom stereocenters. The molecule has 2 heterocycles. The third-order valence-electron chi connectivity index (χ3n) is 4.69. The standard InChI is InChI=1S/C18H21ClF3N3O3/c1-2-28-17(26)25-16(24-8-10-27-11-9-24)13(18(20,21)22)14(19)15(23-25)12-6-4-3-5-7-12/h3-7,13-14,16H,2,8-11H2,1H3/t13-,14+,16-/m1/s1. The summed E-state index contributed by atoms with van der Waals surface area (Å²) in [6.45, 7) is 2.58. The fourth-order valence-electron chi connectivity index (χ4n) is 3.43. The van der Waals surface area contributed by atoms with E-state index in [2.05, 4.69) is 5.10 Å². The molecule has 0 N–H and O–H groups in total. The van der Waals surface area contributed by atoms with Gasteiger partial charge in [0.2, 0.25) is 0 Å². The minimum Gasteiger partial charge on any atom is -0.448 e. The number of alkyl halides is 4. The first-order valence-electron chi connectivity index (χ1n) is 8.97. The number of hydrogen-bond acceptors (Lipinski definition) is 5. The van der Waals surface area contributed by atoms with E-state index in [4.69, 9.17) is 21.1 Å². The second kappa shape index (κ2) is 8.67. The molecule has 0 aliphatic carbocycles. The summed E-state index contributed by atoms with van der Waals surface area (Å²) in [7, 11) is 0. The summed E-state index contributed by atoms with van der Waals surface area (Å²) in [5, 5.41) is 3.56. The highest BCUT2D eigenvalue weighted by atomic mass is 35.5. The van der Waals surface area contributed by atoms with Crippen molar-refractivity contribution in [3.05, 3.63) is 35.9 Å². The Morgan fingerprint density at radius 2 is 1.93 bits per heavy atom. The van der Waals surface area contributed by atoms with Gasteiger partial charge in [-0.2, -0.15) is 23.3 Å². The van der Waals surface area contributed by atoms with E-state index in [0.717, 1.165) is 5.01 Å². The Labute approximate surface area is 165 Å². The quantitative estimate of drug-likeness (QED) is 0.705. The minimum absolute atomic E-state index is 0.0119. The number of carbonyl (C=O) groups is 1. The fourth-order valence-corrected chi connectivity index (χ4v) is 3.87. The van der Waals surface area contributed by atoms with Crippen molar-refractivity contribution in [2.75, 3.05) is 32.9 Å². The maximum Gasteiger partial charge on any atom is 0.431 e. The Hall–Kier alpha value is -1.84. The summed E-state index contributed by atoms with van der Waals surface area (Å²) in [6, 6.07) is 8.30. The number of hydrazone groups is 1. The number of benzene rings is 1. The molecule has 2 aliphatic rings. The topological polar surface area (TPSA) is 54.4 Å². The third-order valence-corrected chi connectivity index (χ3v) is 5.16. The van der Waals surface area contributed by atoms with Gasteiger partial charge in [-0.1, -0.05) is 30.3 Å². The zero-order valence-electron chi connectivity index (χ0n) is 15.2. The van der Waals surface area contributed by atoms with Gasteiger partial charge in [-0.3, -0.25) is 4.90 Å². The van der Waals surface area contributed by atoms with Crippen molar-refractivity contribution in [3.63, 3.8) is 0 Å². The molecule has 154 valence electrons. The first kappa shape index (κ1) is 20.9. The second-order valence-electron chi connectivity index (χ2n) is 6.43. The van der Waals surface area contributed by atoms with E-state index in [-0.39, 0.29) is 38.6 Å². The van der Waals surface area contributed by atoms with Gasteiger partial charge in [0.1, 0.15) is 12.1 Å². The summed E-state index contributed by atoms with van der Waals surface area (Å²) in [5.41, 5.74) is 0.411. The largest absolute Gasteiger partial charge is 0.448 e. The predicted octanol–water partition coefficient (Wildman–Crippen LogP) is 3.31. The molecule has 3 rings (SSSR count). The van der Waals surface area contributed by atoms with Crippen LogP contribution in [0.4, 0.5) is 18.0 Å². The van der Waals surface area contributed by atoms with E-state index in [9.17, 15) is 18.0 Å². The molecule has 0 saturated carbocycles. The van der Waals surface area contributed by atoms with Gasteiger partial charge < -0.3 is 9.47 Å². The lowest BCUT2D eigenvalue weighted by atomic mass is 9.90. The molecule has 1 amide bonds. The Bertz CT molecular complexity index is 711. The SMILES string of the molecule is CCOC(=O)N1N=C(c2ccccc2)[C@@H](Cl)[C@@H](C(F)(F)F)[C@@H]1N1CCOCC1. The summed E-state index contributed by atoms with van der Waals surface area (Å²) in [6.07, 6.45) is -7.00. The van der Waals surface area contributed by atoms with Crippen molar-refractivity contribution < 1.29 is 27.4 Å². The number of halogens is 4. The Morgan fingerprint density at radius 3 is 2.50 bits per heavy atom. The van der Waals surface area contributed by atoms with Crippen LogP contribution < -0.4 is 0 Å². The van der Waals surface area contributed by atoms with Crippen molar-refractivity contribution in [2.45, 2.75) is 24.6 Å². The molecule has 1 aromatic rings. The zero-order chi connectivity index (χ0) is 20.3. The van der Waals surface area contributed by atoms with Crippen molar-refractivity contribution in [1.82, 2.24) is 9.91 Å². The summed E-state index contributed by atoms with van der Waals surface area (Å²) >= 11 is 6.34. The lowest BCUT2D eigenvalue weighted by Crippen LogP contribution is -2.64. The van der Waals surface area contributed by atoms with E-state index < -0.39 is 29.7 Å². The van der Waals surface area contributed by atoms with Gasteiger partial charge in [-0.25, -0.2) is 4.79 Å². The molecule has 2 aliphatic heterocycles. The van der Waals surface area contributed by atoms with Crippen LogP contribution >= 0.6 is 11.6 Å². The smallest absolute Gasteiger partial charge is 0.431 e. The van der Waals surface area contributed by atoms with Crippen LogP contribution in [0.15, 0.2) is 35.4 Å². The number of amides is 1. The molecule has 0 radical (unpaired) electrons. The second-order valence-corrected chi connectivity index (χ2v) is 6.90. The van der Waals surface area contributed by atoms with Crippen molar-refractivity contribution in [3.8, 4) is 0 Å². The maximum atomic E-state index is 14.1. The van der Waals surface area contributed by atoms with Gasteiger partial charge in [-0.05, 0) is 12.5 Å². The average Bonchev–Trinajstić information content (AvgIpc) is 2.68.